The van der Waals surface area contributed by atoms with Crippen LogP contribution in [0.15, 0.2) is 18.2 Å². The highest BCUT2D eigenvalue weighted by molar-refractivity contribution is 9.09. The molecule has 106 valence electrons. The standard InChI is InChI=1S/C15H19Br2FO/c1-10(2)15(8-16,9-17)7-13-6-11-5-12(18)3-4-14(11)19-13/h3-5,10,13H,6-9H2,1-2H3. The second-order valence-corrected chi connectivity index (χ2v) is 6.81. The van der Waals surface area contributed by atoms with Gasteiger partial charge in [0.15, 0.2) is 0 Å². The molecule has 1 heterocycles. The molecule has 1 aromatic carbocycles. The molecule has 0 aliphatic carbocycles. The topological polar surface area (TPSA) is 9.23 Å². The highest BCUT2D eigenvalue weighted by Crippen LogP contribution is 2.41. The van der Waals surface area contributed by atoms with Crippen molar-refractivity contribution in [3.8, 4) is 5.75 Å². The lowest BCUT2D eigenvalue weighted by Crippen LogP contribution is -2.36. The first kappa shape index (κ1) is 15.3. The van der Waals surface area contributed by atoms with Gasteiger partial charge in [0.25, 0.3) is 0 Å². The van der Waals surface area contributed by atoms with Crippen molar-refractivity contribution >= 4 is 31.9 Å². The molecule has 1 unspecified atom stereocenters. The Kier molecular flexibility index (Phi) is 4.93. The van der Waals surface area contributed by atoms with Gasteiger partial charge in [0, 0.05) is 22.6 Å². The van der Waals surface area contributed by atoms with E-state index < -0.39 is 0 Å². The van der Waals surface area contributed by atoms with E-state index in [-0.39, 0.29) is 17.3 Å². The minimum Gasteiger partial charge on any atom is -0.490 e. The quantitative estimate of drug-likeness (QED) is 0.643. The SMILES string of the molecule is CC(C)C(CBr)(CBr)CC1Cc2cc(F)ccc2O1. The summed E-state index contributed by atoms with van der Waals surface area (Å²) in [6, 6.07) is 4.80. The Morgan fingerprint density at radius 3 is 2.63 bits per heavy atom. The lowest BCUT2D eigenvalue weighted by molar-refractivity contribution is 0.131. The van der Waals surface area contributed by atoms with Gasteiger partial charge < -0.3 is 4.74 Å². The van der Waals surface area contributed by atoms with Crippen molar-refractivity contribution < 1.29 is 9.13 Å². The van der Waals surface area contributed by atoms with Crippen LogP contribution in [0, 0.1) is 17.2 Å². The van der Waals surface area contributed by atoms with Crippen LogP contribution in [-0.2, 0) is 6.42 Å². The average Bonchev–Trinajstić information content (AvgIpc) is 2.77. The number of hydrogen-bond acceptors (Lipinski definition) is 1. The van der Waals surface area contributed by atoms with Gasteiger partial charge in [-0.05, 0) is 36.0 Å². The highest BCUT2D eigenvalue weighted by Gasteiger charge is 2.37. The fourth-order valence-electron chi connectivity index (χ4n) is 2.55. The Morgan fingerprint density at radius 1 is 1.37 bits per heavy atom. The second kappa shape index (κ2) is 6.13. The zero-order valence-corrected chi connectivity index (χ0v) is 14.4. The summed E-state index contributed by atoms with van der Waals surface area (Å²) in [6.07, 6.45) is 1.92. The first-order valence-electron chi connectivity index (χ1n) is 6.58. The molecule has 1 aliphatic heterocycles. The van der Waals surface area contributed by atoms with Crippen molar-refractivity contribution in [1.82, 2.24) is 0 Å². The summed E-state index contributed by atoms with van der Waals surface area (Å²) in [4.78, 5) is 0. The Balaban J connectivity index is 2.10. The number of benzene rings is 1. The van der Waals surface area contributed by atoms with Crippen LogP contribution in [0.25, 0.3) is 0 Å². The Hall–Kier alpha value is -0.0900. The number of halogens is 3. The molecule has 0 radical (unpaired) electrons. The van der Waals surface area contributed by atoms with Crippen LogP contribution < -0.4 is 4.74 Å². The first-order chi connectivity index (χ1) is 9.00. The van der Waals surface area contributed by atoms with Gasteiger partial charge in [-0.3, -0.25) is 0 Å². The van der Waals surface area contributed by atoms with Crippen LogP contribution in [0.3, 0.4) is 0 Å². The van der Waals surface area contributed by atoms with Crippen molar-refractivity contribution in [2.75, 3.05) is 10.7 Å². The van der Waals surface area contributed by atoms with Gasteiger partial charge in [0.2, 0.25) is 0 Å². The summed E-state index contributed by atoms with van der Waals surface area (Å²) in [7, 11) is 0. The number of ether oxygens (including phenoxy) is 1. The molecule has 2 rings (SSSR count). The van der Waals surface area contributed by atoms with Crippen LogP contribution in [-0.4, -0.2) is 16.8 Å². The lowest BCUT2D eigenvalue weighted by Gasteiger charge is -2.36. The van der Waals surface area contributed by atoms with E-state index in [9.17, 15) is 4.39 Å². The third-order valence-electron chi connectivity index (χ3n) is 4.15. The van der Waals surface area contributed by atoms with E-state index >= 15 is 0 Å². The fraction of sp³-hybridized carbons (Fsp3) is 0.600. The van der Waals surface area contributed by atoms with Gasteiger partial charge in [0.05, 0.1) is 0 Å². The van der Waals surface area contributed by atoms with Gasteiger partial charge >= 0.3 is 0 Å². The normalized spacial score (nSPS) is 18.5. The van der Waals surface area contributed by atoms with Crippen molar-refractivity contribution in [1.29, 1.82) is 0 Å². The molecule has 4 heteroatoms. The second-order valence-electron chi connectivity index (χ2n) is 5.68. The number of fused-ring (bicyclic) bond motifs is 1. The predicted molar refractivity (Wildman–Crippen MR) is 84.0 cm³/mol. The van der Waals surface area contributed by atoms with Gasteiger partial charge in [0.1, 0.15) is 17.7 Å². The zero-order chi connectivity index (χ0) is 14.0. The Bertz CT molecular complexity index is 444. The maximum absolute atomic E-state index is 13.2. The van der Waals surface area contributed by atoms with Crippen LogP contribution in [0.1, 0.15) is 25.8 Å². The van der Waals surface area contributed by atoms with Gasteiger partial charge in [-0.1, -0.05) is 45.7 Å². The first-order valence-corrected chi connectivity index (χ1v) is 8.82. The minimum absolute atomic E-state index is 0.147. The molecule has 0 amide bonds. The van der Waals surface area contributed by atoms with Gasteiger partial charge in [-0.2, -0.15) is 0 Å². The van der Waals surface area contributed by atoms with Gasteiger partial charge in [-0.15, -0.1) is 0 Å². The largest absolute Gasteiger partial charge is 0.490 e. The van der Waals surface area contributed by atoms with Crippen LogP contribution in [0.5, 0.6) is 5.75 Å². The summed E-state index contributed by atoms with van der Waals surface area (Å²) >= 11 is 7.28. The van der Waals surface area contributed by atoms with Crippen LogP contribution in [0.2, 0.25) is 0 Å². The lowest BCUT2D eigenvalue weighted by atomic mass is 9.76. The predicted octanol–water partition coefficient (Wildman–Crippen LogP) is 4.95. The van der Waals surface area contributed by atoms with E-state index in [4.69, 9.17) is 4.74 Å². The summed E-state index contributed by atoms with van der Waals surface area (Å²) < 4.78 is 19.2. The molecule has 1 atom stereocenters. The smallest absolute Gasteiger partial charge is 0.123 e. The number of hydrogen-bond donors (Lipinski definition) is 0. The molecule has 0 fully saturated rings. The van der Waals surface area contributed by atoms with Crippen molar-refractivity contribution in [2.45, 2.75) is 32.8 Å². The molecule has 1 aliphatic rings. The van der Waals surface area contributed by atoms with Crippen molar-refractivity contribution in [3.05, 3.63) is 29.6 Å². The minimum atomic E-state index is -0.181. The third kappa shape index (κ3) is 3.15. The monoisotopic (exact) mass is 392 g/mol. The molecule has 0 saturated carbocycles. The van der Waals surface area contributed by atoms with E-state index in [0.29, 0.717) is 5.92 Å². The Morgan fingerprint density at radius 2 is 2.05 bits per heavy atom. The fourth-order valence-corrected chi connectivity index (χ4v) is 5.23. The maximum Gasteiger partial charge on any atom is 0.123 e. The molecule has 0 spiro atoms. The summed E-state index contributed by atoms with van der Waals surface area (Å²) in [5, 5.41) is 1.88. The van der Waals surface area contributed by atoms with E-state index in [2.05, 4.69) is 45.7 Å². The molecule has 0 saturated heterocycles. The summed E-state index contributed by atoms with van der Waals surface area (Å²) in [5.74, 6) is 1.21. The van der Waals surface area contributed by atoms with E-state index in [0.717, 1.165) is 34.8 Å². The molecule has 1 aromatic rings. The van der Waals surface area contributed by atoms with Gasteiger partial charge in [-0.25, -0.2) is 4.39 Å². The van der Waals surface area contributed by atoms with Crippen molar-refractivity contribution in [3.63, 3.8) is 0 Å². The molecule has 0 N–H and O–H groups in total. The highest BCUT2D eigenvalue weighted by atomic mass is 79.9. The molecule has 19 heavy (non-hydrogen) atoms. The van der Waals surface area contributed by atoms with Crippen LogP contribution >= 0.6 is 31.9 Å². The zero-order valence-electron chi connectivity index (χ0n) is 11.3. The number of alkyl halides is 2. The molecular formula is C15H19Br2FO. The Labute approximate surface area is 131 Å². The van der Waals surface area contributed by atoms with E-state index in [1.54, 1.807) is 12.1 Å². The maximum atomic E-state index is 13.2. The third-order valence-corrected chi connectivity index (χ3v) is 6.39. The van der Waals surface area contributed by atoms with Crippen molar-refractivity contribution in [2.24, 2.45) is 11.3 Å². The summed E-state index contributed by atoms with van der Waals surface area (Å²) in [6.45, 7) is 4.48. The molecule has 0 aromatic heterocycles. The van der Waals surface area contributed by atoms with E-state index in [1.165, 1.54) is 6.07 Å². The summed E-state index contributed by atoms with van der Waals surface area (Å²) in [5.41, 5.74) is 1.16. The van der Waals surface area contributed by atoms with E-state index in [1.807, 2.05) is 0 Å². The molecular weight excluding hydrogens is 375 g/mol. The average molecular weight is 394 g/mol. The number of rotatable bonds is 5. The molecule has 1 nitrogen and oxygen atoms in total. The van der Waals surface area contributed by atoms with Crippen LogP contribution in [0.4, 0.5) is 4.39 Å². The molecule has 0 bridgehead atoms.